The Balaban J connectivity index is 2.07. The van der Waals surface area contributed by atoms with E-state index in [0.29, 0.717) is 29.3 Å². The van der Waals surface area contributed by atoms with E-state index in [9.17, 15) is 4.79 Å². The molecule has 23 heavy (non-hydrogen) atoms. The van der Waals surface area contributed by atoms with Crippen LogP contribution in [-0.4, -0.2) is 54.1 Å². The first-order valence-electron chi connectivity index (χ1n) is 7.72. The SMILES string of the molecule is CCOc1cc(C(=O)N2CCSCC2)nc2c(OC)cccc12. The van der Waals surface area contributed by atoms with Gasteiger partial charge in [-0.1, -0.05) is 6.07 Å². The van der Waals surface area contributed by atoms with Crippen molar-refractivity contribution in [1.82, 2.24) is 9.88 Å². The molecule has 1 saturated heterocycles. The number of methoxy groups -OCH3 is 1. The summed E-state index contributed by atoms with van der Waals surface area (Å²) in [5, 5.41) is 0.858. The lowest BCUT2D eigenvalue weighted by molar-refractivity contribution is 0.0766. The van der Waals surface area contributed by atoms with Crippen molar-refractivity contribution in [3.8, 4) is 11.5 Å². The van der Waals surface area contributed by atoms with E-state index in [1.165, 1.54) is 0 Å². The molecular weight excluding hydrogens is 312 g/mol. The van der Waals surface area contributed by atoms with Gasteiger partial charge >= 0.3 is 0 Å². The lowest BCUT2D eigenvalue weighted by Crippen LogP contribution is -2.38. The number of nitrogens with zero attached hydrogens (tertiary/aromatic N) is 2. The van der Waals surface area contributed by atoms with Gasteiger partial charge in [0.15, 0.2) is 0 Å². The molecule has 5 nitrogen and oxygen atoms in total. The normalized spacial score (nSPS) is 14.8. The van der Waals surface area contributed by atoms with E-state index in [2.05, 4.69) is 4.98 Å². The third-order valence-corrected chi connectivity index (χ3v) is 4.74. The topological polar surface area (TPSA) is 51.7 Å². The van der Waals surface area contributed by atoms with Gasteiger partial charge < -0.3 is 14.4 Å². The van der Waals surface area contributed by atoms with E-state index in [0.717, 1.165) is 30.0 Å². The van der Waals surface area contributed by atoms with Crippen molar-refractivity contribution in [2.45, 2.75) is 6.92 Å². The summed E-state index contributed by atoms with van der Waals surface area (Å²) in [6, 6.07) is 7.42. The quantitative estimate of drug-likeness (QED) is 0.862. The molecule has 0 aliphatic carbocycles. The Morgan fingerprint density at radius 2 is 2.09 bits per heavy atom. The first-order chi connectivity index (χ1) is 11.2. The number of hydrogen-bond acceptors (Lipinski definition) is 5. The van der Waals surface area contributed by atoms with Gasteiger partial charge in [-0.15, -0.1) is 0 Å². The number of hydrogen-bond donors (Lipinski definition) is 0. The summed E-state index contributed by atoms with van der Waals surface area (Å²) in [7, 11) is 1.60. The van der Waals surface area contributed by atoms with Gasteiger partial charge in [-0.3, -0.25) is 4.79 Å². The molecule has 1 aliphatic heterocycles. The van der Waals surface area contributed by atoms with Gasteiger partial charge in [0, 0.05) is 36.0 Å². The van der Waals surface area contributed by atoms with Crippen LogP contribution in [0.1, 0.15) is 17.4 Å². The van der Waals surface area contributed by atoms with E-state index in [1.807, 2.05) is 41.8 Å². The van der Waals surface area contributed by atoms with Gasteiger partial charge in [-0.05, 0) is 19.1 Å². The van der Waals surface area contributed by atoms with Gasteiger partial charge in [-0.25, -0.2) is 4.98 Å². The maximum Gasteiger partial charge on any atom is 0.272 e. The number of pyridine rings is 1. The lowest BCUT2D eigenvalue weighted by Gasteiger charge is -2.26. The Labute approximate surface area is 140 Å². The summed E-state index contributed by atoms with van der Waals surface area (Å²) in [6.07, 6.45) is 0. The minimum atomic E-state index is -0.0425. The second-order valence-electron chi connectivity index (χ2n) is 5.20. The zero-order chi connectivity index (χ0) is 16.2. The Hall–Kier alpha value is -1.95. The second kappa shape index (κ2) is 7.08. The van der Waals surface area contributed by atoms with Crippen LogP contribution in [0.3, 0.4) is 0 Å². The molecule has 2 heterocycles. The Morgan fingerprint density at radius 3 is 2.78 bits per heavy atom. The van der Waals surface area contributed by atoms with E-state index in [-0.39, 0.29) is 5.91 Å². The minimum Gasteiger partial charge on any atom is -0.494 e. The van der Waals surface area contributed by atoms with E-state index in [1.54, 1.807) is 13.2 Å². The number of rotatable bonds is 4. The average Bonchev–Trinajstić information content (AvgIpc) is 2.61. The van der Waals surface area contributed by atoms with Gasteiger partial charge in [0.25, 0.3) is 5.91 Å². The van der Waals surface area contributed by atoms with E-state index < -0.39 is 0 Å². The van der Waals surface area contributed by atoms with Crippen LogP contribution in [0, 0.1) is 0 Å². The van der Waals surface area contributed by atoms with Crippen molar-refractivity contribution in [1.29, 1.82) is 0 Å². The number of amides is 1. The molecule has 0 unspecified atom stereocenters. The van der Waals surface area contributed by atoms with Crippen LogP contribution in [0.15, 0.2) is 24.3 Å². The molecule has 1 amide bonds. The fourth-order valence-corrected chi connectivity index (χ4v) is 3.57. The number of thioether (sulfide) groups is 1. The van der Waals surface area contributed by atoms with Crippen LogP contribution in [0.5, 0.6) is 11.5 Å². The third-order valence-electron chi connectivity index (χ3n) is 3.80. The minimum absolute atomic E-state index is 0.0425. The summed E-state index contributed by atoms with van der Waals surface area (Å²) >= 11 is 1.87. The average molecular weight is 332 g/mol. The van der Waals surface area contributed by atoms with Crippen LogP contribution < -0.4 is 9.47 Å². The summed E-state index contributed by atoms with van der Waals surface area (Å²) in [5.41, 5.74) is 1.08. The molecule has 0 radical (unpaired) electrons. The van der Waals surface area contributed by atoms with E-state index >= 15 is 0 Å². The molecule has 1 aromatic heterocycles. The molecule has 0 N–H and O–H groups in total. The first-order valence-corrected chi connectivity index (χ1v) is 8.87. The first kappa shape index (κ1) is 15.9. The van der Waals surface area contributed by atoms with Crippen molar-refractivity contribution in [2.75, 3.05) is 38.3 Å². The van der Waals surface area contributed by atoms with Crippen LogP contribution in [0.2, 0.25) is 0 Å². The molecule has 1 aliphatic rings. The number of fused-ring (bicyclic) bond motifs is 1. The highest BCUT2D eigenvalue weighted by Crippen LogP contribution is 2.32. The molecule has 3 rings (SSSR count). The largest absolute Gasteiger partial charge is 0.494 e. The van der Waals surface area contributed by atoms with Gasteiger partial charge in [0.05, 0.1) is 13.7 Å². The molecular formula is C17H20N2O3S. The molecule has 0 atom stereocenters. The smallest absolute Gasteiger partial charge is 0.272 e. The fourth-order valence-electron chi connectivity index (χ4n) is 2.67. The molecule has 1 fully saturated rings. The van der Waals surface area contributed by atoms with Crippen molar-refractivity contribution in [3.05, 3.63) is 30.0 Å². The van der Waals surface area contributed by atoms with Gasteiger partial charge in [0.2, 0.25) is 0 Å². The predicted octanol–water partition coefficient (Wildman–Crippen LogP) is 2.83. The predicted molar refractivity (Wildman–Crippen MR) is 92.7 cm³/mol. The molecule has 2 aromatic rings. The summed E-state index contributed by atoms with van der Waals surface area (Å²) in [4.78, 5) is 19.2. The second-order valence-corrected chi connectivity index (χ2v) is 6.42. The zero-order valence-corrected chi connectivity index (χ0v) is 14.2. The van der Waals surface area contributed by atoms with Crippen molar-refractivity contribution < 1.29 is 14.3 Å². The van der Waals surface area contributed by atoms with Crippen LogP contribution >= 0.6 is 11.8 Å². The Morgan fingerprint density at radius 1 is 1.30 bits per heavy atom. The van der Waals surface area contributed by atoms with E-state index in [4.69, 9.17) is 9.47 Å². The van der Waals surface area contributed by atoms with Crippen molar-refractivity contribution in [2.24, 2.45) is 0 Å². The highest BCUT2D eigenvalue weighted by atomic mass is 32.2. The summed E-state index contributed by atoms with van der Waals surface area (Å²) in [6.45, 7) is 3.98. The van der Waals surface area contributed by atoms with Crippen LogP contribution in [0.25, 0.3) is 10.9 Å². The Kier molecular flexibility index (Phi) is 4.91. The van der Waals surface area contributed by atoms with Crippen molar-refractivity contribution >= 4 is 28.6 Å². The summed E-state index contributed by atoms with van der Waals surface area (Å²) in [5.74, 6) is 3.22. The molecule has 0 saturated carbocycles. The highest BCUT2D eigenvalue weighted by Gasteiger charge is 2.22. The maximum absolute atomic E-state index is 12.8. The van der Waals surface area contributed by atoms with Crippen LogP contribution in [-0.2, 0) is 0 Å². The Bertz CT molecular complexity index is 714. The zero-order valence-electron chi connectivity index (χ0n) is 13.4. The fraction of sp³-hybridized carbons (Fsp3) is 0.412. The monoisotopic (exact) mass is 332 g/mol. The number of ether oxygens (including phenoxy) is 2. The third kappa shape index (κ3) is 3.22. The number of para-hydroxylation sites is 1. The standard InChI is InChI=1S/C17H20N2O3S/c1-3-22-15-11-13(17(20)19-7-9-23-10-8-19)18-16-12(15)5-4-6-14(16)21-2/h4-6,11H,3,7-10H2,1-2H3. The highest BCUT2D eigenvalue weighted by molar-refractivity contribution is 7.99. The number of aromatic nitrogens is 1. The number of carbonyl (C=O) groups is 1. The number of carbonyl (C=O) groups excluding carboxylic acids is 1. The lowest BCUT2D eigenvalue weighted by atomic mass is 10.1. The van der Waals surface area contributed by atoms with Gasteiger partial charge in [0.1, 0.15) is 22.7 Å². The molecule has 0 spiro atoms. The maximum atomic E-state index is 12.8. The molecule has 6 heteroatoms. The number of benzene rings is 1. The van der Waals surface area contributed by atoms with Crippen LogP contribution in [0.4, 0.5) is 0 Å². The molecule has 1 aromatic carbocycles. The molecule has 122 valence electrons. The van der Waals surface area contributed by atoms with Crippen molar-refractivity contribution in [3.63, 3.8) is 0 Å². The summed E-state index contributed by atoms with van der Waals surface area (Å²) < 4.78 is 11.1. The van der Waals surface area contributed by atoms with Gasteiger partial charge in [-0.2, -0.15) is 11.8 Å². The molecule has 0 bridgehead atoms.